The minimum absolute atomic E-state index is 0.217. The van der Waals surface area contributed by atoms with Crippen molar-refractivity contribution in [3.05, 3.63) is 0 Å². The van der Waals surface area contributed by atoms with Gasteiger partial charge in [0.2, 0.25) is 0 Å². The molecule has 0 aromatic carbocycles. The lowest BCUT2D eigenvalue weighted by molar-refractivity contribution is 0.264. The zero-order chi connectivity index (χ0) is 10.7. The molecule has 80 valence electrons. The fraction of sp³-hybridized carbons (Fsp3) is 1.00. The molecule has 0 heterocycles. The molecule has 6 heteroatoms. The lowest BCUT2D eigenvalue weighted by Gasteiger charge is -2.22. The highest BCUT2D eigenvalue weighted by Gasteiger charge is 2.20. The summed E-state index contributed by atoms with van der Waals surface area (Å²) in [6, 6.07) is -0.472. The van der Waals surface area contributed by atoms with E-state index in [-0.39, 0.29) is 6.61 Å². The highest BCUT2D eigenvalue weighted by Crippen LogP contribution is 2.00. The molecule has 0 aromatic heterocycles. The van der Waals surface area contributed by atoms with Crippen molar-refractivity contribution >= 4 is 10.2 Å². The number of hydrogen-bond acceptors (Lipinski definition) is 3. The van der Waals surface area contributed by atoms with Gasteiger partial charge in [0.15, 0.2) is 0 Å². The number of aliphatic hydroxyl groups excluding tert-OH is 1. The number of aliphatic hydroxyl groups is 1. The van der Waals surface area contributed by atoms with Crippen molar-refractivity contribution in [2.75, 3.05) is 6.61 Å². The van der Waals surface area contributed by atoms with Gasteiger partial charge in [0.1, 0.15) is 0 Å². The summed E-state index contributed by atoms with van der Waals surface area (Å²) in [5.41, 5.74) is -0.513. The molecule has 3 N–H and O–H groups in total. The van der Waals surface area contributed by atoms with E-state index in [1.807, 2.05) is 0 Å². The first-order valence-corrected chi connectivity index (χ1v) is 5.57. The van der Waals surface area contributed by atoms with E-state index in [4.69, 9.17) is 5.11 Å². The van der Waals surface area contributed by atoms with Crippen molar-refractivity contribution in [2.45, 2.75) is 39.3 Å². The first-order valence-electron chi connectivity index (χ1n) is 4.08. The van der Waals surface area contributed by atoms with Crippen LogP contribution in [0.2, 0.25) is 0 Å². The van der Waals surface area contributed by atoms with Gasteiger partial charge in [-0.1, -0.05) is 0 Å². The van der Waals surface area contributed by atoms with Crippen LogP contribution in [0, 0.1) is 0 Å². The number of rotatable bonds is 4. The van der Waals surface area contributed by atoms with E-state index in [0.717, 1.165) is 0 Å². The molecule has 0 amide bonds. The maximum Gasteiger partial charge on any atom is 0.277 e. The topological polar surface area (TPSA) is 78.4 Å². The molecule has 0 bridgehead atoms. The van der Waals surface area contributed by atoms with E-state index in [0.29, 0.717) is 0 Å². The Bertz CT molecular complexity index is 243. The molecule has 0 radical (unpaired) electrons. The second-order valence-electron chi connectivity index (χ2n) is 4.06. The van der Waals surface area contributed by atoms with Crippen molar-refractivity contribution < 1.29 is 13.5 Å². The fourth-order valence-corrected chi connectivity index (χ4v) is 2.20. The predicted molar refractivity (Wildman–Crippen MR) is 51.5 cm³/mol. The van der Waals surface area contributed by atoms with Crippen molar-refractivity contribution in [3.8, 4) is 0 Å². The number of hydrogen-bond donors (Lipinski definition) is 3. The monoisotopic (exact) mass is 210 g/mol. The van der Waals surface area contributed by atoms with Gasteiger partial charge in [-0.3, -0.25) is 0 Å². The zero-order valence-electron chi connectivity index (χ0n) is 8.46. The smallest absolute Gasteiger partial charge is 0.277 e. The quantitative estimate of drug-likeness (QED) is 0.590. The molecule has 0 aliphatic heterocycles. The second-order valence-corrected chi connectivity index (χ2v) is 5.50. The average molecular weight is 210 g/mol. The van der Waals surface area contributed by atoms with Crippen molar-refractivity contribution in [1.82, 2.24) is 9.44 Å². The molecule has 0 rings (SSSR count). The molecular formula is C7H18N2O3S. The molecule has 0 saturated heterocycles. The summed E-state index contributed by atoms with van der Waals surface area (Å²) in [5.74, 6) is 0. The van der Waals surface area contributed by atoms with E-state index in [1.165, 1.54) is 0 Å². The highest BCUT2D eigenvalue weighted by atomic mass is 32.2. The maximum absolute atomic E-state index is 11.3. The van der Waals surface area contributed by atoms with Gasteiger partial charge in [-0.15, -0.1) is 0 Å². The van der Waals surface area contributed by atoms with Gasteiger partial charge in [0, 0.05) is 11.6 Å². The van der Waals surface area contributed by atoms with Gasteiger partial charge in [-0.25, -0.2) is 0 Å². The third kappa shape index (κ3) is 6.94. The van der Waals surface area contributed by atoms with Gasteiger partial charge >= 0.3 is 0 Å². The lowest BCUT2D eigenvalue weighted by Crippen LogP contribution is -2.49. The maximum atomic E-state index is 11.3. The highest BCUT2D eigenvalue weighted by molar-refractivity contribution is 7.87. The minimum atomic E-state index is -3.51. The van der Waals surface area contributed by atoms with Crippen LogP contribution in [0.1, 0.15) is 27.7 Å². The molecule has 1 atom stereocenters. The van der Waals surface area contributed by atoms with Gasteiger partial charge in [-0.2, -0.15) is 17.9 Å². The number of nitrogens with one attached hydrogen (secondary N) is 2. The Morgan fingerprint density at radius 1 is 1.38 bits per heavy atom. The molecule has 1 unspecified atom stereocenters. The molecule has 5 nitrogen and oxygen atoms in total. The van der Waals surface area contributed by atoms with Gasteiger partial charge in [0.25, 0.3) is 10.2 Å². The Morgan fingerprint density at radius 2 is 1.85 bits per heavy atom. The van der Waals surface area contributed by atoms with E-state index < -0.39 is 21.8 Å². The first kappa shape index (κ1) is 12.8. The van der Waals surface area contributed by atoms with Crippen molar-refractivity contribution in [3.63, 3.8) is 0 Å². The van der Waals surface area contributed by atoms with Gasteiger partial charge < -0.3 is 5.11 Å². The molecule has 0 aliphatic carbocycles. The summed E-state index contributed by atoms with van der Waals surface area (Å²) in [5, 5.41) is 8.64. The Labute approximate surface area is 79.7 Å². The summed E-state index contributed by atoms with van der Waals surface area (Å²) in [6.07, 6.45) is 0. The Morgan fingerprint density at radius 3 is 2.15 bits per heavy atom. The van der Waals surface area contributed by atoms with Gasteiger partial charge in [-0.05, 0) is 27.7 Å². The van der Waals surface area contributed by atoms with Crippen LogP contribution in [-0.4, -0.2) is 31.7 Å². The second kappa shape index (κ2) is 4.36. The van der Waals surface area contributed by atoms with Crippen LogP contribution in [0.25, 0.3) is 0 Å². The largest absolute Gasteiger partial charge is 0.395 e. The molecule has 0 spiro atoms. The van der Waals surface area contributed by atoms with E-state index in [9.17, 15) is 8.42 Å². The van der Waals surface area contributed by atoms with Crippen molar-refractivity contribution in [2.24, 2.45) is 0 Å². The average Bonchev–Trinajstić information content (AvgIpc) is 1.80. The summed E-state index contributed by atoms with van der Waals surface area (Å²) in [7, 11) is -3.51. The van der Waals surface area contributed by atoms with Crippen LogP contribution in [0.5, 0.6) is 0 Å². The molecule has 0 aliphatic rings. The minimum Gasteiger partial charge on any atom is -0.395 e. The Hall–Kier alpha value is -0.170. The van der Waals surface area contributed by atoms with Gasteiger partial charge in [0.05, 0.1) is 6.61 Å². The van der Waals surface area contributed by atoms with E-state index in [1.54, 1.807) is 27.7 Å². The lowest BCUT2D eigenvalue weighted by atomic mass is 10.1. The Balaban J connectivity index is 4.27. The third-order valence-corrected chi connectivity index (χ3v) is 2.66. The van der Waals surface area contributed by atoms with Crippen LogP contribution in [0.4, 0.5) is 0 Å². The SMILES string of the molecule is CC(CO)NS(=O)(=O)NC(C)(C)C. The summed E-state index contributed by atoms with van der Waals surface area (Å²) < 4.78 is 27.2. The normalized spacial score (nSPS) is 15.8. The summed E-state index contributed by atoms with van der Waals surface area (Å²) in [6.45, 7) is 6.61. The third-order valence-electron chi connectivity index (χ3n) is 1.07. The van der Waals surface area contributed by atoms with E-state index in [2.05, 4.69) is 9.44 Å². The van der Waals surface area contributed by atoms with Crippen LogP contribution < -0.4 is 9.44 Å². The zero-order valence-corrected chi connectivity index (χ0v) is 9.27. The van der Waals surface area contributed by atoms with E-state index >= 15 is 0 Å². The molecule has 13 heavy (non-hydrogen) atoms. The Kier molecular flexibility index (Phi) is 4.31. The van der Waals surface area contributed by atoms with Crippen molar-refractivity contribution in [1.29, 1.82) is 0 Å². The summed E-state index contributed by atoms with van der Waals surface area (Å²) in [4.78, 5) is 0. The summed E-state index contributed by atoms with van der Waals surface area (Å²) >= 11 is 0. The standard InChI is InChI=1S/C7H18N2O3S/c1-6(5-10)8-13(11,12)9-7(2,3)4/h6,8-10H,5H2,1-4H3. The van der Waals surface area contributed by atoms with Crippen LogP contribution in [-0.2, 0) is 10.2 Å². The molecule has 0 saturated carbocycles. The van der Waals surface area contributed by atoms with Crippen LogP contribution in [0.15, 0.2) is 0 Å². The molecule has 0 fully saturated rings. The molecular weight excluding hydrogens is 192 g/mol. The fourth-order valence-electron chi connectivity index (χ4n) is 0.735. The molecule has 0 aromatic rings. The first-order chi connectivity index (χ1) is 5.66. The van der Waals surface area contributed by atoms with Crippen LogP contribution in [0.3, 0.4) is 0 Å². The predicted octanol–water partition coefficient (Wildman–Crippen LogP) is -0.410. The van der Waals surface area contributed by atoms with Crippen LogP contribution >= 0.6 is 0 Å².